The lowest BCUT2D eigenvalue weighted by molar-refractivity contribution is -0.117. The molecule has 0 radical (unpaired) electrons. The third-order valence-electron chi connectivity index (χ3n) is 5.35. The lowest BCUT2D eigenvalue weighted by Gasteiger charge is -2.17. The summed E-state index contributed by atoms with van der Waals surface area (Å²) in [6.45, 7) is 0.669. The van der Waals surface area contributed by atoms with E-state index < -0.39 is 0 Å². The standard InChI is InChI=1S/C20H21N7O/c1-26-12-13(11-22-26)27-10-8-17(20(27)28)24-18-14-5-4-7-15(14)23-19(25-18)16-6-2-3-9-21-16/h2-3,6,9,11-12,17H,4-5,7-8,10H2,1H3,(H,23,24,25). The quantitative estimate of drug-likeness (QED) is 0.750. The minimum atomic E-state index is -0.295. The van der Waals surface area contributed by atoms with E-state index in [2.05, 4.69) is 15.4 Å². The summed E-state index contributed by atoms with van der Waals surface area (Å²) in [4.78, 5) is 28.6. The van der Waals surface area contributed by atoms with E-state index in [0.717, 1.165) is 54.1 Å². The first kappa shape index (κ1) is 16.9. The zero-order valence-electron chi connectivity index (χ0n) is 15.7. The van der Waals surface area contributed by atoms with Gasteiger partial charge in [0, 0.05) is 37.2 Å². The van der Waals surface area contributed by atoms with E-state index in [0.29, 0.717) is 12.4 Å². The van der Waals surface area contributed by atoms with Crippen molar-refractivity contribution in [3.63, 3.8) is 0 Å². The molecule has 0 aromatic carbocycles. The molecule has 5 rings (SSSR count). The highest BCUT2D eigenvalue weighted by atomic mass is 16.2. The lowest BCUT2D eigenvalue weighted by Crippen LogP contribution is -2.33. The fourth-order valence-electron chi connectivity index (χ4n) is 3.94. The van der Waals surface area contributed by atoms with Gasteiger partial charge in [-0.3, -0.25) is 14.5 Å². The smallest absolute Gasteiger partial charge is 0.249 e. The molecule has 3 aromatic heterocycles. The Morgan fingerprint density at radius 1 is 1.21 bits per heavy atom. The van der Waals surface area contributed by atoms with Crippen LogP contribution in [0.5, 0.6) is 0 Å². The second-order valence-electron chi connectivity index (χ2n) is 7.24. The molecule has 1 unspecified atom stereocenters. The number of rotatable bonds is 4. The Morgan fingerprint density at radius 2 is 2.14 bits per heavy atom. The molecule has 0 spiro atoms. The molecule has 4 heterocycles. The van der Waals surface area contributed by atoms with E-state index in [1.54, 1.807) is 22.0 Å². The molecule has 142 valence electrons. The summed E-state index contributed by atoms with van der Waals surface area (Å²) >= 11 is 0. The van der Waals surface area contributed by atoms with Gasteiger partial charge >= 0.3 is 0 Å². The van der Waals surface area contributed by atoms with E-state index in [1.807, 2.05) is 31.4 Å². The molecule has 1 saturated heterocycles. The number of amides is 1. The van der Waals surface area contributed by atoms with Crippen molar-refractivity contribution in [3.05, 3.63) is 48.0 Å². The highest BCUT2D eigenvalue weighted by Gasteiger charge is 2.34. The van der Waals surface area contributed by atoms with Gasteiger partial charge in [-0.25, -0.2) is 9.97 Å². The third-order valence-corrected chi connectivity index (χ3v) is 5.35. The zero-order valence-corrected chi connectivity index (χ0v) is 15.7. The first-order valence-electron chi connectivity index (χ1n) is 9.57. The van der Waals surface area contributed by atoms with Crippen molar-refractivity contribution >= 4 is 17.4 Å². The van der Waals surface area contributed by atoms with E-state index in [-0.39, 0.29) is 11.9 Å². The van der Waals surface area contributed by atoms with Gasteiger partial charge in [-0.15, -0.1) is 0 Å². The maximum Gasteiger partial charge on any atom is 0.249 e. The fraction of sp³-hybridized carbons (Fsp3) is 0.350. The van der Waals surface area contributed by atoms with Gasteiger partial charge in [0.15, 0.2) is 5.82 Å². The molecule has 1 N–H and O–H groups in total. The van der Waals surface area contributed by atoms with Gasteiger partial charge in [0.25, 0.3) is 0 Å². The molecule has 8 nitrogen and oxygen atoms in total. The van der Waals surface area contributed by atoms with Crippen LogP contribution in [-0.2, 0) is 24.7 Å². The van der Waals surface area contributed by atoms with Crippen molar-refractivity contribution in [1.82, 2.24) is 24.7 Å². The van der Waals surface area contributed by atoms with Gasteiger partial charge in [-0.1, -0.05) is 6.07 Å². The van der Waals surface area contributed by atoms with Crippen LogP contribution in [0.15, 0.2) is 36.8 Å². The van der Waals surface area contributed by atoms with Gasteiger partial charge in [-0.2, -0.15) is 5.10 Å². The van der Waals surface area contributed by atoms with Crippen molar-refractivity contribution in [2.45, 2.75) is 31.7 Å². The molecule has 1 aliphatic heterocycles. The number of pyridine rings is 1. The number of nitrogens with zero attached hydrogens (tertiary/aromatic N) is 6. The topological polar surface area (TPSA) is 88.8 Å². The number of hydrogen-bond acceptors (Lipinski definition) is 6. The van der Waals surface area contributed by atoms with E-state index in [9.17, 15) is 4.79 Å². The van der Waals surface area contributed by atoms with Crippen LogP contribution in [0.1, 0.15) is 24.1 Å². The zero-order chi connectivity index (χ0) is 19.1. The summed E-state index contributed by atoms with van der Waals surface area (Å²) in [7, 11) is 1.85. The second kappa shape index (κ2) is 6.70. The number of fused-ring (bicyclic) bond motifs is 1. The molecule has 0 saturated carbocycles. The first-order valence-corrected chi connectivity index (χ1v) is 9.57. The lowest BCUT2D eigenvalue weighted by atomic mass is 10.2. The van der Waals surface area contributed by atoms with Crippen molar-refractivity contribution in [2.75, 3.05) is 16.8 Å². The summed E-state index contributed by atoms with van der Waals surface area (Å²) in [6, 6.07) is 5.42. The summed E-state index contributed by atoms with van der Waals surface area (Å²) < 4.78 is 1.71. The highest BCUT2D eigenvalue weighted by Crippen LogP contribution is 2.30. The molecule has 3 aromatic rings. The predicted octanol–water partition coefficient (Wildman–Crippen LogP) is 1.98. The van der Waals surface area contributed by atoms with Crippen LogP contribution in [0.25, 0.3) is 11.5 Å². The first-order chi connectivity index (χ1) is 13.7. The molecule has 8 heteroatoms. The number of hydrogen-bond donors (Lipinski definition) is 1. The number of carbonyl (C=O) groups excluding carboxylic acids is 1. The Morgan fingerprint density at radius 3 is 2.93 bits per heavy atom. The maximum atomic E-state index is 12.9. The minimum Gasteiger partial charge on any atom is -0.358 e. The summed E-state index contributed by atoms with van der Waals surface area (Å²) in [5.41, 5.74) is 3.77. The van der Waals surface area contributed by atoms with Crippen LogP contribution >= 0.6 is 0 Å². The van der Waals surface area contributed by atoms with Crippen molar-refractivity contribution in [3.8, 4) is 11.5 Å². The SMILES string of the molecule is Cn1cc(N2CCC(Nc3nc(-c4ccccn4)nc4c3CCC4)C2=O)cn1. The van der Waals surface area contributed by atoms with Crippen LogP contribution in [0, 0.1) is 0 Å². The summed E-state index contributed by atoms with van der Waals surface area (Å²) in [6.07, 6.45) is 8.99. The number of anilines is 2. The molecule has 0 bridgehead atoms. The monoisotopic (exact) mass is 375 g/mol. The van der Waals surface area contributed by atoms with Gasteiger partial charge in [0.1, 0.15) is 17.6 Å². The molecule has 2 aliphatic rings. The molecule has 1 amide bonds. The fourth-order valence-corrected chi connectivity index (χ4v) is 3.94. The predicted molar refractivity (Wildman–Crippen MR) is 105 cm³/mol. The molecular formula is C20H21N7O. The number of carbonyl (C=O) groups is 1. The van der Waals surface area contributed by atoms with Gasteiger partial charge in [0.05, 0.1) is 11.9 Å². The Kier molecular flexibility index (Phi) is 4.03. The normalized spacial score (nSPS) is 18.5. The number of aryl methyl sites for hydroxylation is 2. The number of aromatic nitrogens is 5. The average molecular weight is 375 g/mol. The Hall–Kier alpha value is -3.29. The molecule has 1 aliphatic carbocycles. The van der Waals surface area contributed by atoms with E-state index in [1.165, 1.54) is 0 Å². The minimum absolute atomic E-state index is 0.0535. The molecule has 1 atom stereocenters. The van der Waals surface area contributed by atoms with Crippen molar-refractivity contribution in [1.29, 1.82) is 0 Å². The van der Waals surface area contributed by atoms with Crippen molar-refractivity contribution in [2.24, 2.45) is 7.05 Å². The maximum absolute atomic E-state index is 12.9. The van der Waals surface area contributed by atoms with Gasteiger partial charge in [-0.05, 0) is 37.8 Å². The van der Waals surface area contributed by atoms with Gasteiger partial charge < -0.3 is 10.2 Å². The van der Waals surface area contributed by atoms with Crippen molar-refractivity contribution < 1.29 is 4.79 Å². The summed E-state index contributed by atoms with van der Waals surface area (Å²) in [5, 5.41) is 7.58. The van der Waals surface area contributed by atoms with Crippen LogP contribution in [0.4, 0.5) is 11.5 Å². The summed E-state index contributed by atoms with van der Waals surface area (Å²) in [5.74, 6) is 1.44. The average Bonchev–Trinajstić information content (AvgIpc) is 3.43. The van der Waals surface area contributed by atoms with E-state index >= 15 is 0 Å². The van der Waals surface area contributed by atoms with Crippen LogP contribution in [0.3, 0.4) is 0 Å². The third kappa shape index (κ3) is 2.90. The Bertz CT molecular complexity index is 1030. The number of nitrogens with one attached hydrogen (secondary N) is 1. The van der Waals surface area contributed by atoms with Gasteiger partial charge in [0.2, 0.25) is 5.91 Å². The Labute approximate surface area is 162 Å². The van der Waals surface area contributed by atoms with Crippen LogP contribution in [0.2, 0.25) is 0 Å². The second-order valence-corrected chi connectivity index (χ2v) is 7.24. The molecular weight excluding hydrogens is 354 g/mol. The Balaban J connectivity index is 1.44. The molecule has 28 heavy (non-hydrogen) atoms. The van der Waals surface area contributed by atoms with Crippen LogP contribution < -0.4 is 10.2 Å². The highest BCUT2D eigenvalue weighted by molar-refractivity contribution is 6.00. The largest absolute Gasteiger partial charge is 0.358 e. The van der Waals surface area contributed by atoms with E-state index in [4.69, 9.17) is 9.97 Å². The van der Waals surface area contributed by atoms with Crippen LogP contribution in [-0.4, -0.2) is 43.2 Å². The molecule has 1 fully saturated rings.